The van der Waals surface area contributed by atoms with Crippen molar-refractivity contribution in [2.45, 2.75) is 0 Å². The monoisotopic (exact) mass is 298 g/mol. The molecule has 1 aliphatic rings. The van der Waals surface area contributed by atoms with Crippen LogP contribution in [0.4, 0.5) is 4.79 Å². The van der Waals surface area contributed by atoms with Crippen LogP contribution in [-0.4, -0.2) is 49.7 Å². The van der Waals surface area contributed by atoms with Crippen LogP contribution in [0, 0.1) is 0 Å². The van der Waals surface area contributed by atoms with Crippen molar-refractivity contribution in [3.63, 3.8) is 0 Å². The number of ether oxygens (including phenoxy) is 2. The molecule has 108 valence electrons. The van der Waals surface area contributed by atoms with Crippen LogP contribution in [0.5, 0.6) is 5.75 Å². The standard InChI is InChI=1S/C13H15ClN2O4/c14-10-1-3-11(4-2-10)20-9-12(17)15-5-6-16-7-8-19-13(16)18/h1-4H,5-9H2,(H,15,17). The van der Waals surface area contributed by atoms with Gasteiger partial charge in [-0.2, -0.15) is 0 Å². The summed E-state index contributed by atoms with van der Waals surface area (Å²) in [4.78, 5) is 24.2. The zero-order valence-corrected chi connectivity index (χ0v) is 11.6. The summed E-state index contributed by atoms with van der Waals surface area (Å²) in [5.41, 5.74) is 0. The van der Waals surface area contributed by atoms with Crippen molar-refractivity contribution in [1.82, 2.24) is 10.2 Å². The van der Waals surface area contributed by atoms with Gasteiger partial charge in [0.25, 0.3) is 5.91 Å². The van der Waals surface area contributed by atoms with Gasteiger partial charge in [0, 0.05) is 18.1 Å². The number of cyclic esters (lactones) is 1. The van der Waals surface area contributed by atoms with Crippen molar-refractivity contribution in [2.75, 3.05) is 32.8 Å². The van der Waals surface area contributed by atoms with Gasteiger partial charge in [-0.3, -0.25) is 4.79 Å². The number of hydrogen-bond acceptors (Lipinski definition) is 4. The summed E-state index contributed by atoms with van der Waals surface area (Å²) in [6.45, 7) is 1.71. The van der Waals surface area contributed by atoms with E-state index >= 15 is 0 Å². The predicted octanol–water partition coefficient (Wildman–Crippen LogP) is 1.29. The third-order valence-electron chi connectivity index (χ3n) is 2.73. The Hall–Kier alpha value is -1.95. The fourth-order valence-corrected chi connectivity index (χ4v) is 1.82. The highest BCUT2D eigenvalue weighted by atomic mass is 35.5. The smallest absolute Gasteiger partial charge is 0.409 e. The predicted molar refractivity (Wildman–Crippen MR) is 72.9 cm³/mol. The van der Waals surface area contributed by atoms with Gasteiger partial charge >= 0.3 is 6.09 Å². The van der Waals surface area contributed by atoms with Crippen LogP contribution in [0.25, 0.3) is 0 Å². The molecular weight excluding hydrogens is 284 g/mol. The Labute approximate surface area is 121 Å². The van der Waals surface area contributed by atoms with Crippen LogP contribution in [0.15, 0.2) is 24.3 Å². The lowest BCUT2D eigenvalue weighted by Gasteiger charge is -2.13. The van der Waals surface area contributed by atoms with Gasteiger partial charge in [0.1, 0.15) is 12.4 Å². The van der Waals surface area contributed by atoms with Gasteiger partial charge in [-0.25, -0.2) is 4.79 Å². The zero-order chi connectivity index (χ0) is 14.4. The second-order valence-corrected chi connectivity index (χ2v) is 4.63. The Bertz CT molecular complexity index is 478. The molecule has 0 bridgehead atoms. The Morgan fingerprint density at radius 1 is 1.40 bits per heavy atom. The molecule has 0 radical (unpaired) electrons. The third-order valence-corrected chi connectivity index (χ3v) is 2.98. The summed E-state index contributed by atoms with van der Waals surface area (Å²) in [7, 11) is 0. The van der Waals surface area contributed by atoms with Crippen LogP contribution in [-0.2, 0) is 9.53 Å². The van der Waals surface area contributed by atoms with Gasteiger partial charge in [-0.05, 0) is 24.3 Å². The van der Waals surface area contributed by atoms with E-state index in [9.17, 15) is 9.59 Å². The van der Waals surface area contributed by atoms with Gasteiger partial charge in [-0.15, -0.1) is 0 Å². The van der Waals surface area contributed by atoms with E-state index in [4.69, 9.17) is 21.1 Å². The first kappa shape index (κ1) is 14.5. The SMILES string of the molecule is O=C(COc1ccc(Cl)cc1)NCCN1CCOC1=O. The van der Waals surface area contributed by atoms with Crippen LogP contribution < -0.4 is 10.1 Å². The molecule has 2 rings (SSSR count). The average Bonchev–Trinajstić information content (AvgIpc) is 2.84. The van der Waals surface area contributed by atoms with Crippen LogP contribution in [0.3, 0.4) is 0 Å². The number of halogens is 1. The summed E-state index contributed by atoms with van der Waals surface area (Å²) < 4.78 is 10.1. The molecule has 6 nitrogen and oxygen atoms in total. The van der Waals surface area contributed by atoms with Gasteiger partial charge in [0.2, 0.25) is 0 Å². The summed E-state index contributed by atoms with van der Waals surface area (Å²) in [6, 6.07) is 6.76. The minimum absolute atomic E-state index is 0.0773. The van der Waals surface area contributed by atoms with Crippen LogP contribution in [0.1, 0.15) is 0 Å². The lowest BCUT2D eigenvalue weighted by atomic mass is 10.3. The van der Waals surface area contributed by atoms with E-state index in [1.165, 1.54) is 0 Å². The lowest BCUT2D eigenvalue weighted by Crippen LogP contribution is -2.37. The maximum absolute atomic E-state index is 11.5. The maximum atomic E-state index is 11.5. The van der Waals surface area contributed by atoms with E-state index in [1.807, 2.05) is 0 Å². The summed E-state index contributed by atoms with van der Waals surface area (Å²) in [5, 5.41) is 3.28. The summed E-state index contributed by atoms with van der Waals surface area (Å²) >= 11 is 5.74. The largest absolute Gasteiger partial charge is 0.484 e. The molecule has 1 aromatic carbocycles. The number of rotatable bonds is 6. The van der Waals surface area contributed by atoms with Gasteiger partial charge in [0.05, 0.1) is 6.54 Å². The normalized spacial score (nSPS) is 14.1. The molecule has 0 aliphatic carbocycles. The van der Waals surface area contributed by atoms with E-state index in [0.717, 1.165) is 0 Å². The fourth-order valence-electron chi connectivity index (χ4n) is 1.69. The van der Waals surface area contributed by atoms with E-state index < -0.39 is 0 Å². The van der Waals surface area contributed by atoms with E-state index in [1.54, 1.807) is 29.2 Å². The molecule has 20 heavy (non-hydrogen) atoms. The highest BCUT2D eigenvalue weighted by molar-refractivity contribution is 6.30. The molecule has 2 amide bonds. The molecule has 0 saturated carbocycles. The molecule has 7 heteroatoms. The quantitative estimate of drug-likeness (QED) is 0.859. The zero-order valence-electron chi connectivity index (χ0n) is 10.8. The van der Waals surface area contributed by atoms with Crippen LogP contribution >= 0.6 is 11.6 Å². The van der Waals surface area contributed by atoms with Crippen molar-refractivity contribution in [3.8, 4) is 5.75 Å². The van der Waals surface area contributed by atoms with Crippen molar-refractivity contribution in [3.05, 3.63) is 29.3 Å². The minimum atomic E-state index is -0.336. The first-order chi connectivity index (χ1) is 9.65. The van der Waals surface area contributed by atoms with Crippen molar-refractivity contribution in [2.24, 2.45) is 0 Å². The third kappa shape index (κ3) is 4.31. The number of amides is 2. The highest BCUT2D eigenvalue weighted by Crippen LogP contribution is 2.15. The number of hydrogen-bond donors (Lipinski definition) is 1. The first-order valence-electron chi connectivity index (χ1n) is 6.22. The molecule has 0 aromatic heterocycles. The number of nitrogens with one attached hydrogen (secondary N) is 1. The lowest BCUT2D eigenvalue weighted by molar-refractivity contribution is -0.123. The second kappa shape index (κ2) is 7.00. The highest BCUT2D eigenvalue weighted by Gasteiger charge is 2.21. The maximum Gasteiger partial charge on any atom is 0.409 e. The molecule has 1 aromatic rings. The number of carbonyl (C=O) groups is 2. The molecule has 0 spiro atoms. The minimum Gasteiger partial charge on any atom is -0.484 e. The van der Waals surface area contributed by atoms with Gasteiger partial charge < -0.3 is 19.7 Å². The topological polar surface area (TPSA) is 67.9 Å². The first-order valence-corrected chi connectivity index (χ1v) is 6.60. The fraction of sp³-hybridized carbons (Fsp3) is 0.385. The van der Waals surface area contributed by atoms with E-state index in [-0.39, 0.29) is 18.6 Å². The molecule has 1 heterocycles. The van der Waals surface area contributed by atoms with Gasteiger partial charge in [-0.1, -0.05) is 11.6 Å². The summed E-state index contributed by atoms with van der Waals surface area (Å²) in [6.07, 6.45) is -0.336. The Morgan fingerprint density at radius 2 is 2.15 bits per heavy atom. The van der Waals surface area contributed by atoms with Crippen molar-refractivity contribution < 1.29 is 19.1 Å². The molecule has 0 atom stereocenters. The molecule has 1 saturated heterocycles. The second-order valence-electron chi connectivity index (χ2n) is 4.19. The molecular formula is C13H15ClN2O4. The number of nitrogens with zero attached hydrogens (tertiary/aromatic N) is 1. The van der Waals surface area contributed by atoms with Gasteiger partial charge in [0.15, 0.2) is 6.61 Å². The van der Waals surface area contributed by atoms with E-state index in [2.05, 4.69) is 5.32 Å². The Morgan fingerprint density at radius 3 is 2.80 bits per heavy atom. The van der Waals surface area contributed by atoms with Crippen LogP contribution in [0.2, 0.25) is 5.02 Å². The number of benzene rings is 1. The van der Waals surface area contributed by atoms with Crippen molar-refractivity contribution >= 4 is 23.6 Å². The Balaban J connectivity index is 1.63. The van der Waals surface area contributed by atoms with E-state index in [0.29, 0.717) is 37.0 Å². The average molecular weight is 299 g/mol. The van der Waals surface area contributed by atoms with Crippen molar-refractivity contribution in [1.29, 1.82) is 0 Å². The number of carbonyl (C=O) groups excluding carboxylic acids is 2. The Kier molecular flexibility index (Phi) is 5.06. The molecule has 1 aliphatic heterocycles. The molecule has 0 unspecified atom stereocenters. The summed E-state index contributed by atoms with van der Waals surface area (Å²) in [5.74, 6) is 0.334. The molecule has 1 N–H and O–H groups in total. The molecule has 1 fully saturated rings.